The molecular weight excluding hydrogens is 204 g/mol. The molecule has 2 atom stereocenters. The lowest BCUT2D eigenvalue weighted by Gasteiger charge is -2.14. The van der Waals surface area contributed by atoms with Gasteiger partial charge in [0.05, 0.1) is 6.61 Å². The molecule has 0 aromatic heterocycles. The highest BCUT2D eigenvalue weighted by Crippen LogP contribution is 2.53. The molecule has 0 spiro atoms. The summed E-state index contributed by atoms with van der Waals surface area (Å²) in [5, 5.41) is 0. The molecule has 0 aromatic carbocycles. The van der Waals surface area contributed by atoms with E-state index in [9.17, 15) is 9.59 Å². The molecule has 0 aromatic rings. The molecule has 92 valence electrons. The van der Waals surface area contributed by atoms with Crippen LogP contribution in [0.5, 0.6) is 0 Å². The standard InChI is InChI=1S/C13H22O3/c1-5-7-9(12(15)16-6-2)11(14)10-8-13(10,3)4/h9-10H,5-8H2,1-4H3. The molecule has 0 amide bonds. The number of hydrogen-bond donors (Lipinski definition) is 0. The van der Waals surface area contributed by atoms with Crippen LogP contribution in [0.3, 0.4) is 0 Å². The summed E-state index contributed by atoms with van der Waals surface area (Å²) < 4.78 is 4.96. The maximum absolute atomic E-state index is 12.1. The molecule has 1 rings (SSSR count). The Morgan fingerprint density at radius 2 is 1.94 bits per heavy atom. The van der Waals surface area contributed by atoms with Crippen LogP contribution in [0.4, 0.5) is 0 Å². The number of carbonyl (C=O) groups is 2. The lowest BCUT2D eigenvalue weighted by Crippen LogP contribution is -2.28. The molecular formula is C13H22O3. The average molecular weight is 226 g/mol. The Labute approximate surface area is 97.5 Å². The van der Waals surface area contributed by atoms with Gasteiger partial charge in [0.1, 0.15) is 5.92 Å². The van der Waals surface area contributed by atoms with Gasteiger partial charge in [0.15, 0.2) is 5.78 Å². The minimum Gasteiger partial charge on any atom is -0.465 e. The summed E-state index contributed by atoms with van der Waals surface area (Å²) in [6, 6.07) is 0. The fourth-order valence-corrected chi connectivity index (χ4v) is 2.10. The van der Waals surface area contributed by atoms with E-state index in [1.54, 1.807) is 6.92 Å². The van der Waals surface area contributed by atoms with E-state index in [1.807, 2.05) is 6.92 Å². The summed E-state index contributed by atoms with van der Waals surface area (Å²) in [5.41, 5.74) is 0.0928. The SMILES string of the molecule is CCCC(C(=O)OCC)C(=O)C1CC1(C)C. The van der Waals surface area contributed by atoms with E-state index in [-0.39, 0.29) is 23.1 Å². The first-order valence-corrected chi connectivity index (χ1v) is 6.14. The van der Waals surface area contributed by atoms with Crippen LogP contribution in [0.25, 0.3) is 0 Å². The quantitative estimate of drug-likeness (QED) is 0.516. The van der Waals surface area contributed by atoms with Gasteiger partial charge >= 0.3 is 5.97 Å². The zero-order valence-corrected chi connectivity index (χ0v) is 10.7. The molecule has 1 aliphatic rings. The summed E-state index contributed by atoms with van der Waals surface area (Å²) in [4.78, 5) is 23.8. The highest BCUT2D eigenvalue weighted by molar-refractivity contribution is 6.01. The summed E-state index contributed by atoms with van der Waals surface area (Å²) in [7, 11) is 0. The van der Waals surface area contributed by atoms with Crippen LogP contribution in [-0.4, -0.2) is 18.4 Å². The number of hydrogen-bond acceptors (Lipinski definition) is 3. The zero-order valence-electron chi connectivity index (χ0n) is 10.7. The van der Waals surface area contributed by atoms with Crippen molar-refractivity contribution in [2.45, 2.75) is 47.0 Å². The maximum atomic E-state index is 12.1. The van der Waals surface area contributed by atoms with Crippen LogP contribution < -0.4 is 0 Å². The average Bonchev–Trinajstić information content (AvgIpc) is 2.83. The van der Waals surface area contributed by atoms with Gasteiger partial charge in [-0.05, 0) is 25.2 Å². The predicted octanol–water partition coefficient (Wildman–Crippen LogP) is 2.58. The summed E-state index contributed by atoms with van der Waals surface area (Å²) in [5.74, 6) is -0.715. The van der Waals surface area contributed by atoms with Crippen molar-refractivity contribution in [2.75, 3.05) is 6.61 Å². The fraction of sp³-hybridized carbons (Fsp3) is 0.846. The first kappa shape index (κ1) is 13.2. The van der Waals surface area contributed by atoms with Gasteiger partial charge in [0.2, 0.25) is 0 Å². The minimum absolute atomic E-state index is 0.0634. The Morgan fingerprint density at radius 1 is 1.38 bits per heavy atom. The highest BCUT2D eigenvalue weighted by atomic mass is 16.5. The van der Waals surface area contributed by atoms with Crippen LogP contribution in [0.15, 0.2) is 0 Å². The van der Waals surface area contributed by atoms with Crippen LogP contribution in [0.2, 0.25) is 0 Å². The molecule has 3 heteroatoms. The molecule has 0 aliphatic heterocycles. The third kappa shape index (κ3) is 2.83. The molecule has 0 N–H and O–H groups in total. The third-order valence-corrected chi connectivity index (χ3v) is 3.35. The van der Waals surface area contributed by atoms with Gasteiger partial charge in [-0.3, -0.25) is 9.59 Å². The summed E-state index contributed by atoms with van der Waals surface area (Å²) >= 11 is 0. The van der Waals surface area contributed by atoms with Gasteiger partial charge in [-0.1, -0.05) is 27.2 Å². The molecule has 16 heavy (non-hydrogen) atoms. The molecule has 1 fully saturated rings. The van der Waals surface area contributed by atoms with E-state index in [0.717, 1.165) is 12.8 Å². The number of rotatable bonds is 6. The molecule has 0 radical (unpaired) electrons. The molecule has 0 saturated heterocycles. The minimum atomic E-state index is -0.531. The monoisotopic (exact) mass is 226 g/mol. The summed E-state index contributed by atoms with van der Waals surface area (Å²) in [6.07, 6.45) is 2.36. The maximum Gasteiger partial charge on any atom is 0.316 e. The van der Waals surface area contributed by atoms with Gasteiger partial charge in [-0.2, -0.15) is 0 Å². The molecule has 0 heterocycles. The van der Waals surface area contributed by atoms with E-state index in [0.29, 0.717) is 13.0 Å². The number of Topliss-reactive ketones (excluding diaryl/α,β-unsaturated/α-hetero) is 1. The van der Waals surface area contributed by atoms with Crippen LogP contribution in [0, 0.1) is 17.3 Å². The van der Waals surface area contributed by atoms with Gasteiger partial charge in [-0.15, -0.1) is 0 Å². The Hall–Kier alpha value is -0.860. The van der Waals surface area contributed by atoms with Crippen molar-refractivity contribution in [1.29, 1.82) is 0 Å². The molecule has 1 aliphatic carbocycles. The van der Waals surface area contributed by atoms with E-state index in [4.69, 9.17) is 4.74 Å². The fourth-order valence-electron chi connectivity index (χ4n) is 2.10. The Morgan fingerprint density at radius 3 is 2.31 bits per heavy atom. The van der Waals surface area contributed by atoms with Gasteiger partial charge in [0, 0.05) is 5.92 Å². The van der Waals surface area contributed by atoms with Crippen LogP contribution in [-0.2, 0) is 14.3 Å². The van der Waals surface area contributed by atoms with Gasteiger partial charge in [0.25, 0.3) is 0 Å². The second kappa shape index (κ2) is 4.98. The van der Waals surface area contributed by atoms with E-state index in [1.165, 1.54) is 0 Å². The van der Waals surface area contributed by atoms with Crippen molar-refractivity contribution in [3.63, 3.8) is 0 Å². The number of carbonyl (C=O) groups excluding carboxylic acids is 2. The van der Waals surface area contributed by atoms with Crippen molar-refractivity contribution in [2.24, 2.45) is 17.3 Å². The molecule has 3 nitrogen and oxygen atoms in total. The van der Waals surface area contributed by atoms with Crippen molar-refractivity contribution in [1.82, 2.24) is 0 Å². The molecule has 0 bridgehead atoms. The zero-order chi connectivity index (χ0) is 12.3. The number of ether oxygens (including phenoxy) is 1. The van der Waals surface area contributed by atoms with Crippen LogP contribution >= 0.6 is 0 Å². The Bertz CT molecular complexity index is 281. The predicted molar refractivity (Wildman–Crippen MR) is 61.9 cm³/mol. The second-order valence-electron chi connectivity index (χ2n) is 5.24. The second-order valence-corrected chi connectivity index (χ2v) is 5.24. The van der Waals surface area contributed by atoms with Crippen molar-refractivity contribution < 1.29 is 14.3 Å². The van der Waals surface area contributed by atoms with Crippen molar-refractivity contribution in [3.05, 3.63) is 0 Å². The van der Waals surface area contributed by atoms with Gasteiger partial charge in [-0.25, -0.2) is 0 Å². The van der Waals surface area contributed by atoms with Crippen molar-refractivity contribution in [3.8, 4) is 0 Å². The smallest absolute Gasteiger partial charge is 0.316 e. The number of esters is 1. The third-order valence-electron chi connectivity index (χ3n) is 3.35. The Balaban J connectivity index is 2.63. The summed E-state index contributed by atoms with van der Waals surface area (Å²) in [6.45, 7) is 8.25. The number of ketones is 1. The molecule has 2 unspecified atom stereocenters. The van der Waals surface area contributed by atoms with E-state index < -0.39 is 5.92 Å². The Kier molecular flexibility index (Phi) is 4.11. The highest BCUT2D eigenvalue weighted by Gasteiger charge is 2.53. The van der Waals surface area contributed by atoms with Gasteiger partial charge < -0.3 is 4.74 Å². The largest absolute Gasteiger partial charge is 0.465 e. The van der Waals surface area contributed by atoms with E-state index >= 15 is 0 Å². The van der Waals surface area contributed by atoms with Crippen LogP contribution in [0.1, 0.15) is 47.0 Å². The first-order chi connectivity index (χ1) is 7.44. The van der Waals surface area contributed by atoms with Crippen molar-refractivity contribution >= 4 is 11.8 Å². The lowest BCUT2D eigenvalue weighted by molar-refractivity contribution is -0.152. The first-order valence-electron chi connectivity index (χ1n) is 6.14. The normalized spacial score (nSPS) is 23.6. The topological polar surface area (TPSA) is 43.4 Å². The lowest BCUT2D eigenvalue weighted by atomic mass is 9.92. The van der Waals surface area contributed by atoms with E-state index in [2.05, 4.69) is 13.8 Å². The molecule has 1 saturated carbocycles.